The van der Waals surface area contributed by atoms with E-state index < -0.39 is 0 Å². The molecule has 0 unspecified atom stereocenters. The van der Waals surface area contributed by atoms with Gasteiger partial charge in [-0.1, -0.05) is 44.2 Å². The van der Waals surface area contributed by atoms with Gasteiger partial charge in [0.15, 0.2) is 5.82 Å². The van der Waals surface area contributed by atoms with E-state index in [1.165, 1.54) is 11.1 Å². The van der Waals surface area contributed by atoms with E-state index in [1.807, 2.05) is 30.3 Å². The first-order valence-corrected chi connectivity index (χ1v) is 7.34. The Morgan fingerprint density at radius 1 is 1.05 bits per heavy atom. The number of carbonyl (C=O) groups is 1. The maximum Gasteiger partial charge on any atom is 0.228 e. The number of hydrogen-bond acceptors (Lipinski definition) is 2. The lowest BCUT2D eigenvalue weighted by Gasteiger charge is -2.04. The average molecular weight is 278 g/mol. The largest absolute Gasteiger partial charge is 0.335 e. The van der Waals surface area contributed by atoms with Crippen molar-refractivity contribution >= 4 is 16.8 Å². The monoisotopic (exact) mass is 278 g/mol. The Labute approximate surface area is 124 Å². The highest BCUT2D eigenvalue weighted by molar-refractivity contribution is 6.07. The van der Waals surface area contributed by atoms with Crippen LogP contribution in [0, 0.1) is 0 Å². The molecular weight excluding hydrogens is 260 g/mol. The predicted octanol–water partition coefficient (Wildman–Crippen LogP) is 3.92. The molecule has 1 aromatic heterocycles. The van der Waals surface area contributed by atoms with Gasteiger partial charge < -0.3 is 4.98 Å². The van der Waals surface area contributed by atoms with Crippen molar-refractivity contribution in [1.82, 2.24) is 9.97 Å². The number of hydrogen-bond donors (Lipinski definition) is 1. The minimum Gasteiger partial charge on any atom is -0.335 e. The van der Waals surface area contributed by atoms with Crippen LogP contribution in [0.4, 0.5) is 0 Å². The molecule has 0 aliphatic rings. The highest BCUT2D eigenvalue weighted by Crippen LogP contribution is 2.20. The Hall–Kier alpha value is -2.42. The highest BCUT2D eigenvalue weighted by Gasteiger charge is 2.14. The normalized spacial score (nSPS) is 11.0. The van der Waals surface area contributed by atoms with Crippen molar-refractivity contribution in [2.75, 3.05) is 0 Å². The lowest BCUT2D eigenvalue weighted by Crippen LogP contribution is -2.02. The topological polar surface area (TPSA) is 45.8 Å². The fourth-order valence-electron chi connectivity index (χ4n) is 2.64. The van der Waals surface area contributed by atoms with E-state index in [0.29, 0.717) is 11.4 Å². The molecule has 0 amide bonds. The van der Waals surface area contributed by atoms with Gasteiger partial charge in [-0.15, -0.1) is 0 Å². The summed E-state index contributed by atoms with van der Waals surface area (Å²) in [7, 11) is 0. The standard InChI is InChI=1S/C18H18N2O/c1-3-12-10-15-16(11-13(12)4-2)20-18(19-15)17(21)14-8-6-5-7-9-14/h5-11H,3-4H2,1-2H3,(H,19,20). The number of fused-ring (bicyclic) bond motifs is 1. The van der Waals surface area contributed by atoms with E-state index in [0.717, 1.165) is 23.9 Å². The summed E-state index contributed by atoms with van der Waals surface area (Å²) in [4.78, 5) is 20.1. The summed E-state index contributed by atoms with van der Waals surface area (Å²) in [6.07, 6.45) is 1.97. The number of H-pyrrole nitrogens is 1. The molecule has 2 aromatic carbocycles. The number of benzene rings is 2. The number of aromatic amines is 1. The number of aromatic nitrogens is 2. The average Bonchev–Trinajstić information content (AvgIpc) is 2.96. The van der Waals surface area contributed by atoms with E-state index in [2.05, 4.69) is 35.9 Å². The van der Waals surface area contributed by atoms with Crippen LogP contribution in [0.25, 0.3) is 11.0 Å². The van der Waals surface area contributed by atoms with Gasteiger partial charge in [0.25, 0.3) is 0 Å². The Bertz CT molecular complexity index is 747. The lowest BCUT2D eigenvalue weighted by atomic mass is 10.0. The van der Waals surface area contributed by atoms with Crippen molar-refractivity contribution in [3.05, 3.63) is 65.0 Å². The first kappa shape index (κ1) is 13.6. The van der Waals surface area contributed by atoms with Crippen molar-refractivity contribution in [2.45, 2.75) is 26.7 Å². The van der Waals surface area contributed by atoms with E-state index in [4.69, 9.17) is 0 Å². The summed E-state index contributed by atoms with van der Waals surface area (Å²) in [5.41, 5.74) is 5.07. The van der Waals surface area contributed by atoms with Crippen LogP contribution in [0.2, 0.25) is 0 Å². The predicted molar refractivity (Wildman–Crippen MR) is 84.7 cm³/mol. The summed E-state index contributed by atoms with van der Waals surface area (Å²) < 4.78 is 0. The molecule has 106 valence electrons. The number of imidazole rings is 1. The molecular formula is C18H18N2O. The van der Waals surface area contributed by atoms with Crippen LogP contribution in [0.3, 0.4) is 0 Å². The molecule has 3 rings (SSSR count). The van der Waals surface area contributed by atoms with Crippen LogP contribution in [-0.2, 0) is 12.8 Å². The number of nitrogens with zero attached hydrogens (tertiary/aromatic N) is 1. The third-order valence-electron chi connectivity index (χ3n) is 3.82. The van der Waals surface area contributed by atoms with Gasteiger partial charge in [0, 0.05) is 5.56 Å². The van der Waals surface area contributed by atoms with Crippen LogP contribution in [-0.4, -0.2) is 15.8 Å². The maximum atomic E-state index is 12.4. The van der Waals surface area contributed by atoms with Gasteiger partial charge in [-0.05, 0) is 36.1 Å². The molecule has 0 fully saturated rings. The zero-order chi connectivity index (χ0) is 14.8. The molecule has 3 heteroatoms. The van der Waals surface area contributed by atoms with Gasteiger partial charge in [0.05, 0.1) is 11.0 Å². The maximum absolute atomic E-state index is 12.4. The summed E-state index contributed by atoms with van der Waals surface area (Å²) in [6.45, 7) is 4.29. The summed E-state index contributed by atoms with van der Waals surface area (Å²) in [5, 5.41) is 0. The van der Waals surface area contributed by atoms with Gasteiger partial charge in [-0.3, -0.25) is 4.79 Å². The van der Waals surface area contributed by atoms with Gasteiger partial charge in [0.1, 0.15) is 0 Å². The zero-order valence-corrected chi connectivity index (χ0v) is 12.3. The van der Waals surface area contributed by atoms with Gasteiger partial charge in [-0.2, -0.15) is 0 Å². The van der Waals surface area contributed by atoms with Crippen molar-refractivity contribution in [1.29, 1.82) is 0 Å². The molecule has 1 N–H and O–H groups in total. The van der Waals surface area contributed by atoms with Crippen LogP contribution < -0.4 is 0 Å². The fraction of sp³-hybridized carbons (Fsp3) is 0.222. The summed E-state index contributed by atoms with van der Waals surface area (Å²) >= 11 is 0. The first-order chi connectivity index (χ1) is 10.2. The molecule has 0 aliphatic heterocycles. The van der Waals surface area contributed by atoms with Gasteiger partial charge >= 0.3 is 0 Å². The molecule has 0 saturated carbocycles. The minimum atomic E-state index is -0.0668. The lowest BCUT2D eigenvalue weighted by molar-refractivity contribution is 0.103. The second-order valence-corrected chi connectivity index (χ2v) is 5.13. The zero-order valence-electron chi connectivity index (χ0n) is 12.3. The number of ketones is 1. The number of nitrogens with one attached hydrogen (secondary N) is 1. The molecule has 0 radical (unpaired) electrons. The highest BCUT2D eigenvalue weighted by atomic mass is 16.1. The fourth-order valence-corrected chi connectivity index (χ4v) is 2.64. The van der Waals surface area contributed by atoms with Crippen molar-refractivity contribution in [2.24, 2.45) is 0 Å². The molecule has 21 heavy (non-hydrogen) atoms. The van der Waals surface area contributed by atoms with Crippen LogP contribution in [0.5, 0.6) is 0 Å². The Morgan fingerprint density at radius 2 is 1.71 bits per heavy atom. The SMILES string of the molecule is CCc1cc2nc(C(=O)c3ccccc3)[nH]c2cc1CC. The van der Waals surface area contributed by atoms with E-state index in [9.17, 15) is 4.79 Å². The molecule has 3 nitrogen and oxygen atoms in total. The number of rotatable bonds is 4. The molecule has 0 aliphatic carbocycles. The molecule has 3 aromatic rings. The van der Waals surface area contributed by atoms with Crippen LogP contribution >= 0.6 is 0 Å². The van der Waals surface area contributed by atoms with E-state index in [-0.39, 0.29) is 5.78 Å². The van der Waals surface area contributed by atoms with Crippen molar-refractivity contribution in [3.63, 3.8) is 0 Å². The number of aryl methyl sites for hydroxylation is 2. The second-order valence-electron chi connectivity index (χ2n) is 5.13. The molecule has 0 saturated heterocycles. The third-order valence-corrected chi connectivity index (χ3v) is 3.82. The molecule has 0 bridgehead atoms. The molecule has 1 heterocycles. The van der Waals surface area contributed by atoms with Gasteiger partial charge in [-0.25, -0.2) is 4.98 Å². The summed E-state index contributed by atoms with van der Waals surface area (Å²) in [5.74, 6) is 0.342. The first-order valence-electron chi connectivity index (χ1n) is 7.34. The van der Waals surface area contributed by atoms with Crippen LogP contribution in [0.15, 0.2) is 42.5 Å². The second kappa shape index (κ2) is 5.52. The van der Waals surface area contributed by atoms with E-state index in [1.54, 1.807) is 0 Å². The van der Waals surface area contributed by atoms with E-state index >= 15 is 0 Å². The minimum absolute atomic E-state index is 0.0668. The molecule has 0 atom stereocenters. The van der Waals surface area contributed by atoms with Gasteiger partial charge in [0.2, 0.25) is 5.78 Å². The number of carbonyl (C=O) groups excluding carboxylic acids is 1. The Balaban J connectivity index is 2.07. The quantitative estimate of drug-likeness (QED) is 0.735. The van der Waals surface area contributed by atoms with Crippen molar-refractivity contribution < 1.29 is 4.79 Å². The Kier molecular flexibility index (Phi) is 3.57. The summed E-state index contributed by atoms with van der Waals surface area (Å²) in [6, 6.07) is 13.4. The smallest absolute Gasteiger partial charge is 0.228 e. The Morgan fingerprint density at radius 3 is 2.38 bits per heavy atom. The third kappa shape index (κ3) is 2.47. The molecule has 0 spiro atoms. The van der Waals surface area contributed by atoms with Crippen molar-refractivity contribution in [3.8, 4) is 0 Å². The van der Waals surface area contributed by atoms with Crippen LogP contribution in [0.1, 0.15) is 41.2 Å².